The lowest BCUT2D eigenvalue weighted by atomic mass is 10.1. The average Bonchev–Trinajstić information content (AvgIpc) is 2.75. The van der Waals surface area contributed by atoms with Crippen LogP contribution in [0.4, 0.5) is 0 Å². The van der Waals surface area contributed by atoms with E-state index in [2.05, 4.69) is 15.4 Å². The Bertz CT molecular complexity index is 373. The Morgan fingerprint density at radius 3 is 2.93 bits per heavy atom. The number of rotatable bonds is 3. The lowest BCUT2D eigenvalue weighted by molar-refractivity contribution is 0.500. The summed E-state index contributed by atoms with van der Waals surface area (Å²) in [4.78, 5) is 14.3. The van der Waals surface area contributed by atoms with Crippen molar-refractivity contribution < 1.29 is 0 Å². The van der Waals surface area contributed by atoms with E-state index >= 15 is 0 Å². The highest BCUT2D eigenvalue weighted by Gasteiger charge is 2.17. The summed E-state index contributed by atoms with van der Waals surface area (Å²) in [5, 5.41) is 7.60. The van der Waals surface area contributed by atoms with Crippen LogP contribution in [0.2, 0.25) is 0 Å². The van der Waals surface area contributed by atoms with Gasteiger partial charge in [-0.15, -0.1) is 0 Å². The summed E-state index contributed by atoms with van der Waals surface area (Å²) >= 11 is 0. The van der Waals surface area contributed by atoms with Gasteiger partial charge < -0.3 is 5.32 Å². The van der Waals surface area contributed by atoms with Gasteiger partial charge in [-0.2, -0.15) is 5.10 Å². The molecule has 1 fully saturated rings. The van der Waals surface area contributed by atoms with Gasteiger partial charge in [0.2, 0.25) is 0 Å². The van der Waals surface area contributed by atoms with Crippen molar-refractivity contribution in [2.24, 2.45) is 5.92 Å². The van der Waals surface area contributed by atoms with Gasteiger partial charge in [0.1, 0.15) is 5.82 Å². The second-order valence-electron chi connectivity index (χ2n) is 4.48. The van der Waals surface area contributed by atoms with Gasteiger partial charge in [0.15, 0.2) is 0 Å². The van der Waals surface area contributed by atoms with Crippen molar-refractivity contribution in [2.75, 3.05) is 13.1 Å². The first-order valence-electron chi connectivity index (χ1n) is 5.55. The van der Waals surface area contributed by atoms with E-state index in [1.165, 1.54) is 11.1 Å². The first-order chi connectivity index (χ1) is 7.16. The molecule has 15 heavy (non-hydrogen) atoms. The number of nitrogens with zero attached hydrogens (tertiary/aromatic N) is 2. The zero-order valence-corrected chi connectivity index (χ0v) is 9.29. The van der Waals surface area contributed by atoms with Gasteiger partial charge in [0.05, 0.1) is 6.04 Å². The minimum Gasteiger partial charge on any atom is -0.316 e. The van der Waals surface area contributed by atoms with Crippen LogP contribution >= 0.6 is 0 Å². The summed E-state index contributed by atoms with van der Waals surface area (Å²) in [5.41, 5.74) is -0.0917. The van der Waals surface area contributed by atoms with Crippen molar-refractivity contribution in [1.29, 1.82) is 0 Å². The van der Waals surface area contributed by atoms with Gasteiger partial charge in [0.25, 0.3) is 0 Å². The summed E-state index contributed by atoms with van der Waals surface area (Å²) in [7, 11) is 0. The van der Waals surface area contributed by atoms with Crippen molar-refractivity contribution in [3.8, 4) is 0 Å². The predicted octanol–water partition coefficient (Wildman–Crippen LogP) is 0.304. The van der Waals surface area contributed by atoms with Crippen molar-refractivity contribution >= 4 is 0 Å². The lowest BCUT2D eigenvalue weighted by Gasteiger charge is -2.04. The maximum Gasteiger partial charge on any atom is 0.343 e. The summed E-state index contributed by atoms with van der Waals surface area (Å²) in [6.07, 6.45) is 2.05. The van der Waals surface area contributed by atoms with Crippen LogP contribution in [0, 0.1) is 5.92 Å². The molecule has 0 aliphatic carbocycles. The minimum absolute atomic E-state index is 0.0917. The fraction of sp³-hybridized carbons (Fsp3) is 0.800. The van der Waals surface area contributed by atoms with Crippen LogP contribution in [-0.2, 0) is 6.42 Å². The summed E-state index contributed by atoms with van der Waals surface area (Å²) in [6, 6.07) is 0.129. The van der Waals surface area contributed by atoms with Crippen LogP contribution in [0.1, 0.15) is 32.1 Å². The molecule has 0 saturated carbocycles. The summed E-state index contributed by atoms with van der Waals surface area (Å²) in [5.74, 6) is 1.44. The fourth-order valence-electron chi connectivity index (χ4n) is 1.99. The lowest BCUT2D eigenvalue weighted by Crippen LogP contribution is -2.19. The Labute approximate surface area is 88.9 Å². The fourth-order valence-corrected chi connectivity index (χ4v) is 1.99. The van der Waals surface area contributed by atoms with Gasteiger partial charge >= 0.3 is 5.69 Å². The highest BCUT2D eigenvalue weighted by Crippen LogP contribution is 2.12. The molecule has 0 aromatic carbocycles. The number of aromatic nitrogens is 3. The molecule has 2 N–H and O–H groups in total. The van der Waals surface area contributed by atoms with E-state index < -0.39 is 0 Å². The molecule has 1 atom stereocenters. The number of aromatic amines is 1. The third-order valence-electron chi connectivity index (χ3n) is 2.82. The van der Waals surface area contributed by atoms with E-state index in [1.807, 2.05) is 13.8 Å². The number of nitrogens with one attached hydrogen (secondary N) is 2. The molecule has 1 aliphatic rings. The largest absolute Gasteiger partial charge is 0.343 e. The third kappa shape index (κ3) is 2.28. The maximum absolute atomic E-state index is 11.5. The van der Waals surface area contributed by atoms with E-state index in [0.717, 1.165) is 25.3 Å². The molecule has 2 heterocycles. The second-order valence-corrected chi connectivity index (χ2v) is 4.48. The molecule has 84 valence electrons. The summed E-state index contributed by atoms with van der Waals surface area (Å²) < 4.78 is 1.51. The van der Waals surface area contributed by atoms with E-state index in [0.29, 0.717) is 5.92 Å². The van der Waals surface area contributed by atoms with Crippen molar-refractivity contribution in [3.63, 3.8) is 0 Å². The van der Waals surface area contributed by atoms with Crippen LogP contribution in [-0.4, -0.2) is 27.9 Å². The molecule has 0 bridgehead atoms. The molecule has 0 spiro atoms. The SMILES string of the molecule is CC(C)n1nc(CC2CCNC2)[nH]c1=O. The minimum atomic E-state index is -0.0917. The summed E-state index contributed by atoms with van der Waals surface area (Å²) in [6.45, 7) is 6.04. The zero-order valence-electron chi connectivity index (χ0n) is 9.29. The maximum atomic E-state index is 11.5. The highest BCUT2D eigenvalue weighted by atomic mass is 16.2. The molecular weight excluding hydrogens is 192 g/mol. The van der Waals surface area contributed by atoms with Crippen LogP contribution in [0.3, 0.4) is 0 Å². The third-order valence-corrected chi connectivity index (χ3v) is 2.82. The average molecular weight is 210 g/mol. The molecule has 1 aromatic heterocycles. The van der Waals surface area contributed by atoms with Gasteiger partial charge in [-0.1, -0.05) is 0 Å². The topological polar surface area (TPSA) is 62.7 Å². The van der Waals surface area contributed by atoms with E-state index in [-0.39, 0.29) is 11.7 Å². The van der Waals surface area contributed by atoms with Gasteiger partial charge in [-0.05, 0) is 39.3 Å². The first kappa shape index (κ1) is 10.4. The van der Waals surface area contributed by atoms with E-state index in [4.69, 9.17) is 0 Å². The van der Waals surface area contributed by atoms with Crippen LogP contribution in [0.15, 0.2) is 4.79 Å². The van der Waals surface area contributed by atoms with Gasteiger partial charge in [-0.3, -0.25) is 4.98 Å². The van der Waals surface area contributed by atoms with E-state index in [1.54, 1.807) is 0 Å². The van der Waals surface area contributed by atoms with Crippen molar-refractivity contribution in [2.45, 2.75) is 32.7 Å². The smallest absolute Gasteiger partial charge is 0.316 e. The Kier molecular flexibility index (Phi) is 2.90. The number of hydrogen-bond acceptors (Lipinski definition) is 3. The standard InChI is InChI=1S/C10H18N4O/c1-7(2)14-10(15)12-9(13-14)5-8-3-4-11-6-8/h7-8,11H,3-6H2,1-2H3,(H,12,13,15). The second kappa shape index (κ2) is 4.18. The molecule has 1 aliphatic heterocycles. The first-order valence-corrected chi connectivity index (χ1v) is 5.55. The van der Waals surface area contributed by atoms with Gasteiger partial charge in [0, 0.05) is 6.42 Å². The molecule has 1 aromatic rings. The molecule has 1 unspecified atom stereocenters. The Morgan fingerprint density at radius 1 is 1.60 bits per heavy atom. The normalized spacial score (nSPS) is 21.4. The van der Waals surface area contributed by atoms with Gasteiger partial charge in [-0.25, -0.2) is 9.48 Å². The number of H-pyrrole nitrogens is 1. The predicted molar refractivity (Wildman–Crippen MR) is 57.9 cm³/mol. The molecular formula is C10H18N4O. The Hall–Kier alpha value is -1.10. The monoisotopic (exact) mass is 210 g/mol. The zero-order chi connectivity index (χ0) is 10.8. The highest BCUT2D eigenvalue weighted by molar-refractivity contribution is 4.88. The van der Waals surface area contributed by atoms with Crippen LogP contribution < -0.4 is 11.0 Å². The quantitative estimate of drug-likeness (QED) is 0.754. The molecule has 0 amide bonds. The van der Waals surface area contributed by atoms with Crippen molar-refractivity contribution in [3.05, 3.63) is 16.3 Å². The molecule has 5 heteroatoms. The Balaban J connectivity index is 2.08. The van der Waals surface area contributed by atoms with Crippen LogP contribution in [0.5, 0.6) is 0 Å². The molecule has 1 saturated heterocycles. The molecule has 5 nitrogen and oxygen atoms in total. The number of hydrogen-bond donors (Lipinski definition) is 2. The van der Waals surface area contributed by atoms with E-state index in [9.17, 15) is 4.79 Å². The molecule has 0 radical (unpaired) electrons. The van der Waals surface area contributed by atoms with Crippen LogP contribution in [0.25, 0.3) is 0 Å². The van der Waals surface area contributed by atoms with Crippen molar-refractivity contribution in [1.82, 2.24) is 20.1 Å². The molecule has 2 rings (SSSR count). The Morgan fingerprint density at radius 2 is 2.40 bits per heavy atom.